The molecule has 186 valence electrons. The number of allylic oxidation sites excluding steroid dienone is 2. The van der Waals surface area contributed by atoms with Crippen LogP contribution in [-0.2, 0) is 4.74 Å². The van der Waals surface area contributed by atoms with Gasteiger partial charge in [-0.1, -0.05) is 40.2 Å². The van der Waals surface area contributed by atoms with Gasteiger partial charge in [-0.05, 0) is 67.3 Å². The Kier molecular flexibility index (Phi) is 9.55. The smallest absolute Gasteiger partial charge is 0.0642 e. The first-order valence-corrected chi connectivity index (χ1v) is 13.1. The highest BCUT2D eigenvalue weighted by atomic mass is 35.5. The number of morpholine rings is 1. The van der Waals surface area contributed by atoms with Crippen LogP contribution in [0.2, 0.25) is 0 Å². The molecule has 1 aromatic carbocycles. The van der Waals surface area contributed by atoms with E-state index < -0.39 is 0 Å². The maximum atomic E-state index is 5.60. The molecule has 0 radical (unpaired) electrons. The van der Waals surface area contributed by atoms with E-state index in [9.17, 15) is 0 Å². The number of rotatable bonds is 6. The van der Waals surface area contributed by atoms with E-state index in [0.717, 1.165) is 45.3 Å². The minimum absolute atomic E-state index is 0. The Morgan fingerprint density at radius 3 is 2.30 bits per heavy atom. The molecule has 2 heterocycles. The fraction of sp³-hybridized carbons (Fsp3) is 0.714. The van der Waals surface area contributed by atoms with Gasteiger partial charge in [-0.3, -0.25) is 4.90 Å². The van der Waals surface area contributed by atoms with Crippen molar-refractivity contribution >= 4 is 29.4 Å². The molecule has 0 N–H and O–H groups in total. The monoisotopic (exact) mass is 475 g/mol. The van der Waals surface area contributed by atoms with Crippen molar-refractivity contribution in [3.05, 3.63) is 29.8 Å². The van der Waals surface area contributed by atoms with Gasteiger partial charge in [0.2, 0.25) is 0 Å². The topological polar surface area (TPSA) is 19.0 Å². The first kappa shape index (κ1) is 26.4. The molecule has 1 aliphatic carbocycles. The Morgan fingerprint density at radius 1 is 0.970 bits per heavy atom. The van der Waals surface area contributed by atoms with E-state index in [4.69, 9.17) is 4.74 Å². The van der Waals surface area contributed by atoms with Crippen molar-refractivity contribution in [3.8, 4) is 0 Å². The van der Waals surface area contributed by atoms with Gasteiger partial charge in [-0.2, -0.15) is 0 Å². The van der Waals surface area contributed by atoms with Crippen LogP contribution in [-0.4, -0.2) is 63.9 Å². The Balaban J connectivity index is 0.00000306. The molecule has 2 fully saturated rings. The predicted molar refractivity (Wildman–Crippen MR) is 145 cm³/mol. The summed E-state index contributed by atoms with van der Waals surface area (Å²) in [6, 6.07) is 7.26. The van der Waals surface area contributed by atoms with E-state index in [1.165, 1.54) is 68.7 Å². The van der Waals surface area contributed by atoms with Gasteiger partial charge in [0.25, 0.3) is 0 Å². The van der Waals surface area contributed by atoms with Gasteiger partial charge in [-0.15, -0.1) is 12.4 Å². The average Bonchev–Trinajstić information content (AvgIpc) is 2.83. The molecule has 0 aromatic heterocycles. The second-order valence-corrected chi connectivity index (χ2v) is 11.0. The van der Waals surface area contributed by atoms with Gasteiger partial charge < -0.3 is 14.5 Å². The standard InChI is InChI=1S/C28H45N3O.ClH/c1-5-6-13-29-14-16-31(17-15-29)27-12-11-25(30-18-20-32-21-19-30)22-26(27)23-7-9-24(10-8-23)28(2,3)4;/h7,11-12,22,24H,5-6,8-10,13-21H2,1-4H3;1H. The molecule has 2 aliphatic heterocycles. The fourth-order valence-electron chi connectivity index (χ4n) is 5.53. The van der Waals surface area contributed by atoms with Gasteiger partial charge in [0.05, 0.1) is 13.2 Å². The van der Waals surface area contributed by atoms with Crippen LogP contribution in [0.1, 0.15) is 65.4 Å². The Hall–Kier alpha value is -1.23. The fourth-order valence-corrected chi connectivity index (χ4v) is 5.53. The molecule has 2 saturated heterocycles. The normalized spacial score (nSPS) is 22.7. The van der Waals surface area contributed by atoms with Crippen molar-refractivity contribution in [1.29, 1.82) is 0 Å². The number of piperazine rings is 1. The van der Waals surface area contributed by atoms with E-state index in [0.29, 0.717) is 5.41 Å². The third-order valence-electron chi connectivity index (χ3n) is 7.88. The molecule has 1 unspecified atom stereocenters. The molecule has 0 saturated carbocycles. The summed E-state index contributed by atoms with van der Waals surface area (Å²) in [5.74, 6) is 0.791. The van der Waals surface area contributed by atoms with Crippen molar-refractivity contribution in [1.82, 2.24) is 4.90 Å². The van der Waals surface area contributed by atoms with E-state index >= 15 is 0 Å². The molecular weight excluding hydrogens is 430 g/mol. The molecule has 4 nitrogen and oxygen atoms in total. The molecule has 5 heteroatoms. The second-order valence-electron chi connectivity index (χ2n) is 11.0. The molecule has 0 amide bonds. The van der Waals surface area contributed by atoms with Crippen molar-refractivity contribution in [2.45, 2.75) is 59.8 Å². The lowest BCUT2D eigenvalue weighted by Gasteiger charge is -2.39. The van der Waals surface area contributed by atoms with E-state index in [1.807, 2.05) is 0 Å². The van der Waals surface area contributed by atoms with Crippen LogP contribution in [0.5, 0.6) is 0 Å². The number of benzene rings is 1. The highest BCUT2D eigenvalue weighted by Crippen LogP contribution is 2.42. The molecule has 0 spiro atoms. The zero-order valence-corrected chi connectivity index (χ0v) is 22.3. The Bertz CT molecular complexity index is 774. The van der Waals surface area contributed by atoms with E-state index in [-0.39, 0.29) is 12.4 Å². The third kappa shape index (κ3) is 6.68. The minimum atomic E-state index is 0. The molecular formula is C28H46ClN3O. The summed E-state index contributed by atoms with van der Waals surface area (Å²) < 4.78 is 5.60. The maximum Gasteiger partial charge on any atom is 0.0642 e. The Morgan fingerprint density at radius 2 is 1.70 bits per heavy atom. The number of anilines is 2. The number of unbranched alkanes of at least 4 members (excludes halogenated alkanes) is 1. The number of nitrogens with zero attached hydrogens (tertiary/aromatic N) is 3. The van der Waals surface area contributed by atoms with Crippen LogP contribution in [0.25, 0.3) is 5.57 Å². The summed E-state index contributed by atoms with van der Waals surface area (Å²) in [5.41, 5.74) is 6.28. The van der Waals surface area contributed by atoms with Crippen molar-refractivity contribution in [2.24, 2.45) is 11.3 Å². The molecule has 3 aliphatic rings. The van der Waals surface area contributed by atoms with E-state index in [1.54, 1.807) is 5.57 Å². The lowest BCUT2D eigenvalue weighted by atomic mass is 9.72. The summed E-state index contributed by atoms with van der Waals surface area (Å²) in [5, 5.41) is 0. The predicted octanol–water partition coefficient (Wildman–Crippen LogP) is 6.10. The number of hydrogen-bond donors (Lipinski definition) is 0. The average molecular weight is 476 g/mol. The van der Waals surface area contributed by atoms with Crippen LogP contribution >= 0.6 is 12.4 Å². The van der Waals surface area contributed by atoms with Crippen LogP contribution in [0, 0.1) is 11.3 Å². The summed E-state index contributed by atoms with van der Waals surface area (Å²) in [4.78, 5) is 7.80. The molecule has 1 aromatic rings. The number of halogens is 1. The zero-order valence-electron chi connectivity index (χ0n) is 21.4. The lowest BCUT2D eigenvalue weighted by Crippen LogP contribution is -2.47. The molecule has 0 bridgehead atoms. The summed E-state index contributed by atoms with van der Waals surface area (Å²) in [6.07, 6.45) is 8.90. The van der Waals surface area contributed by atoms with Crippen LogP contribution in [0.15, 0.2) is 24.3 Å². The first-order chi connectivity index (χ1) is 15.5. The second kappa shape index (κ2) is 12.0. The SMILES string of the molecule is CCCCN1CCN(c2ccc(N3CCOCC3)cc2C2=CCC(C(C)(C)C)CC2)CC1.Cl. The van der Waals surface area contributed by atoms with Crippen LogP contribution < -0.4 is 9.80 Å². The number of hydrogen-bond acceptors (Lipinski definition) is 4. The van der Waals surface area contributed by atoms with Gasteiger partial charge in [0.15, 0.2) is 0 Å². The first-order valence-electron chi connectivity index (χ1n) is 13.1. The third-order valence-corrected chi connectivity index (χ3v) is 7.88. The zero-order chi connectivity index (χ0) is 22.6. The number of ether oxygens (including phenoxy) is 1. The maximum absolute atomic E-state index is 5.60. The molecule has 33 heavy (non-hydrogen) atoms. The van der Waals surface area contributed by atoms with Crippen LogP contribution in [0.4, 0.5) is 11.4 Å². The van der Waals surface area contributed by atoms with E-state index in [2.05, 4.69) is 66.7 Å². The van der Waals surface area contributed by atoms with Gasteiger partial charge in [0.1, 0.15) is 0 Å². The van der Waals surface area contributed by atoms with Crippen molar-refractivity contribution in [2.75, 3.05) is 68.8 Å². The van der Waals surface area contributed by atoms with Crippen molar-refractivity contribution < 1.29 is 4.74 Å². The van der Waals surface area contributed by atoms with Gasteiger partial charge >= 0.3 is 0 Å². The lowest BCUT2D eigenvalue weighted by molar-refractivity contribution is 0.122. The van der Waals surface area contributed by atoms with Crippen LogP contribution in [0.3, 0.4) is 0 Å². The van der Waals surface area contributed by atoms with Gasteiger partial charge in [-0.25, -0.2) is 0 Å². The summed E-state index contributed by atoms with van der Waals surface area (Å²) in [6.45, 7) is 19.1. The molecule has 4 rings (SSSR count). The largest absolute Gasteiger partial charge is 0.378 e. The quantitative estimate of drug-likeness (QED) is 0.495. The minimum Gasteiger partial charge on any atom is -0.378 e. The highest BCUT2D eigenvalue weighted by molar-refractivity contribution is 5.85. The summed E-state index contributed by atoms with van der Waals surface area (Å²) >= 11 is 0. The highest BCUT2D eigenvalue weighted by Gasteiger charge is 2.28. The van der Waals surface area contributed by atoms with Crippen molar-refractivity contribution in [3.63, 3.8) is 0 Å². The Labute approximate surface area is 208 Å². The summed E-state index contributed by atoms with van der Waals surface area (Å²) in [7, 11) is 0. The molecule has 1 atom stereocenters. The van der Waals surface area contributed by atoms with Gasteiger partial charge in [0, 0.05) is 56.2 Å².